The minimum Gasteiger partial charge on any atom is -0.469 e. The molecule has 2 N–H and O–H groups in total. The summed E-state index contributed by atoms with van der Waals surface area (Å²) in [6, 6.07) is 3.78. The summed E-state index contributed by atoms with van der Waals surface area (Å²) in [5.41, 5.74) is -0.0839. The van der Waals surface area contributed by atoms with Gasteiger partial charge in [0.05, 0.1) is 12.9 Å². The third-order valence-corrected chi connectivity index (χ3v) is 4.50. The van der Waals surface area contributed by atoms with E-state index in [0.29, 0.717) is 26.2 Å². The molecule has 20 heavy (non-hydrogen) atoms. The smallest absolute Gasteiger partial charge is 0.223 e. The zero-order valence-corrected chi connectivity index (χ0v) is 11.5. The van der Waals surface area contributed by atoms with Gasteiger partial charge >= 0.3 is 0 Å². The van der Waals surface area contributed by atoms with Crippen molar-refractivity contribution in [1.82, 2.24) is 5.32 Å². The number of carbonyl (C=O) groups is 1. The monoisotopic (exact) mass is 279 g/mol. The summed E-state index contributed by atoms with van der Waals surface area (Å²) < 4.78 is 10.8. The van der Waals surface area contributed by atoms with Crippen LogP contribution in [0.5, 0.6) is 0 Å². The van der Waals surface area contributed by atoms with Gasteiger partial charge in [-0.2, -0.15) is 0 Å². The molecule has 2 fully saturated rings. The summed E-state index contributed by atoms with van der Waals surface area (Å²) in [5.74, 6) is 1.27. The number of nitrogens with one attached hydrogen (secondary N) is 1. The van der Waals surface area contributed by atoms with Crippen molar-refractivity contribution in [3.8, 4) is 0 Å². The van der Waals surface area contributed by atoms with Gasteiger partial charge in [-0.25, -0.2) is 0 Å². The Hall–Kier alpha value is -1.33. The predicted molar refractivity (Wildman–Crippen MR) is 72.1 cm³/mol. The Bertz CT molecular complexity index is 450. The first-order chi connectivity index (χ1) is 9.74. The van der Waals surface area contributed by atoms with E-state index in [0.717, 1.165) is 18.6 Å². The number of furan rings is 1. The van der Waals surface area contributed by atoms with Crippen molar-refractivity contribution in [2.24, 2.45) is 11.3 Å². The number of hydrogen-bond donors (Lipinski definition) is 2. The normalized spacial score (nSPS) is 32.2. The number of amides is 1. The van der Waals surface area contributed by atoms with Gasteiger partial charge < -0.3 is 19.6 Å². The zero-order valence-electron chi connectivity index (χ0n) is 11.5. The van der Waals surface area contributed by atoms with Crippen LogP contribution >= 0.6 is 0 Å². The van der Waals surface area contributed by atoms with Crippen LogP contribution in [0.2, 0.25) is 0 Å². The van der Waals surface area contributed by atoms with Crippen LogP contribution in [0.25, 0.3) is 0 Å². The fraction of sp³-hybridized carbons (Fsp3) is 0.667. The Morgan fingerprint density at radius 1 is 1.55 bits per heavy atom. The molecule has 1 aliphatic heterocycles. The Labute approximate surface area is 118 Å². The molecule has 1 saturated heterocycles. The number of carbonyl (C=O) groups excluding carboxylic acids is 1. The zero-order chi connectivity index (χ0) is 14.0. The molecule has 1 saturated carbocycles. The Morgan fingerprint density at radius 3 is 3.10 bits per heavy atom. The van der Waals surface area contributed by atoms with Crippen LogP contribution in [0.15, 0.2) is 22.8 Å². The van der Waals surface area contributed by atoms with E-state index in [2.05, 4.69) is 5.32 Å². The number of aliphatic hydroxyl groups excluding tert-OH is 1. The lowest BCUT2D eigenvalue weighted by Gasteiger charge is -2.26. The van der Waals surface area contributed by atoms with Crippen LogP contribution in [0.4, 0.5) is 0 Å². The SMILES string of the molecule is O=C(NC[C@]1(CCO)CCOC1)[C@@H]1C[C@H]1c1ccco1. The number of hydrogen-bond acceptors (Lipinski definition) is 4. The van der Waals surface area contributed by atoms with Crippen molar-refractivity contribution in [3.05, 3.63) is 24.2 Å². The predicted octanol–water partition coefficient (Wildman–Crippen LogP) is 1.29. The molecule has 0 spiro atoms. The number of rotatable bonds is 6. The van der Waals surface area contributed by atoms with Crippen LogP contribution in [-0.4, -0.2) is 37.4 Å². The van der Waals surface area contributed by atoms with Crippen LogP contribution in [0, 0.1) is 11.3 Å². The van der Waals surface area contributed by atoms with Gasteiger partial charge in [0.15, 0.2) is 0 Å². The molecular weight excluding hydrogens is 258 g/mol. The first-order valence-electron chi connectivity index (χ1n) is 7.24. The summed E-state index contributed by atoms with van der Waals surface area (Å²) in [7, 11) is 0. The van der Waals surface area contributed by atoms with E-state index >= 15 is 0 Å². The molecule has 1 aromatic heterocycles. The topological polar surface area (TPSA) is 71.7 Å². The van der Waals surface area contributed by atoms with Gasteiger partial charge in [0.1, 0.15) is 5.76 Å². The van der Waals surface area contributed by atoms with E-state index in [4.69, 9.17) is 14.3 Å². The minimum atomic E-state index is -0.0839. The second-order valence-electron chi connectivity index (χ2n) is 5.96. The van der Waals surface area contributed by atoms with Crippen LogP contribution in [0.3, 0.4) is 0 Å². The van der Waals surface area contributed by atoms with E-state index in [-0.39, 0.29) is 29.8 Å². The molecule has 0 bridgehead atoms. The van der Waals surface area contributed by atoms with Crippen molar-refractivity contribution in [1.29, 1.82) is 0 Å². The van der Waals surface area contributed by atoms with E-state index < -0.39 is 0 Å². The number of ether oxygens (including phenoxy) is 1. The van der Waals surface area contributed by atoms with Crippen molar-refractivity contribution in [3.63, 3.8) is 0 Å². The molecule has 5 heteroatoms. The third kappa shape index (κ3) is 2.74. The molecule has 5 nitrogen and oxygen atoms in total. The first kappa shape index (κ1) is 13.6. The summed E-state index contributed by atoms with van der Waals surface area (Å²) in [6.45, 7) is 2.07. The molecule has 2 aliphatic rings. The molecule has 3 atom stereocenters. The largest absolute Gasteiger partial charge is 0.469 e. The molecular formula is C15H21NO4. The highest BCUT2D eigenvalue weighted by Gasteiger charge is 2.46. The highest BCUT2D eigenvalue weighted by molar-refractivity contribution is 5.82. The Morgan fingerprint density at radius 2 is 2.45 bits per heavy atom. The molecule has 2 heterocycles. The third-order valence-electron chi connectivity index (χ3n) is 4.50. The molecule has 110 valence electrons. The highest BCUT2D eigenvalue weighted by Crippen LogP contribution is 2.47. The molecule has 1 amide bonds. The van der Waals surface area contributed by atoms with E-state index in [1.807, 2.05) is 12.1 Å². The average Bonchev–Trinajstić information content (AvgIpc) is 2.89. The quantitative estimate of drug-likeness (QED) is 0.823. The molecule has 0 radical (unpaired) electrons. The summed E-state index contributed by atoms with van der Waals surface area (Å²) in [5, 5.41) is 12.2. The Kier molecular flexibility index (Phi) is 3.81. The Balaban J connectivity index is 1.50. The van der Waals surface area contributed by atoms with Crippen LogP contribution in [0.1, 0.15) is 30.9 Å². The highest BCUT2D eigenvalue weighted by atomic mass is 16.5. The van der Waals surface area contributed by atoms with Gasteiger partial charge in [-0.05, 0) is 31.4 Å². The lowest BCUT2D eigenvalue weighted by atomic mass is 9.84. The molecule has 0 unspecified atom stereocenters. The molecule has 3 rings (SSSR count). The fourth-order valence-electron chi connectivity index (χ4n) is 3.02. The summed E-state index contributed by atoms with van der Waals surface area (Å²) >= 11 is 0. The van der Waals surface area contributed by atoms with Crippen LogP contribution < -0.4 is 5.32 Å². The fourth-order valence-corrected chi connectivity index (χ4v) is 3.02. The van der Waals surface area contributed by atoms with E-state index in [1.165, 1.54) is 0 Å². The van der Waals surface area contributed by atoms with Crippen molar-refractivity contribution < 1.29 is 19.1 Å². The lowest BCUT2D eigenvalue weighted by molar-refractivity contribution is -0.123. The number of aliphatic hydroxyl groups is 1. The maximum absolute atomic E-state index is 12.2. The van der Waals surface area contributed by atoms with Crippen LogP contribution in [-0.2, 0) is 9.53 Å². The minimum absolute atomic E-state index is 0.0367. The first-order valence-corrected chi connectivity index (χ1v) is 7.24. The molecule has 1 aromatic rings. The second-order valence-corrected chi connectivity index (χ2v) is 5.96. The standard InChI is InChI=1S/C15H21NO4/c17-5-3-15(4-7-19-10-15)9-16-14(18)12-8-11(12)13-2-1-6-20-13/h1-2,6,11-12,17H,3-5,7-10H2,(H,16,18)/t11-,12-,15+/m1/s1. The van der Waals surface area contributed by atoms with Crippen molar-refractivity contribution >= 4 is 5.91 Å². The summed E-state index contributed by atoms with van der Waals surface area (Å²) in [6.07, 6.45) is 4.09. The lowest BCUT2D eigenvalue weighted by Crippen LogP contribution is -2.39. The van der Waals surface area contributed by atoms with E-state index in [1.54, 1.807) is 6.26 Å². The average molecular weight is 279 g/mol. The molecule has 1 aliphatic carbocycles. The van der Waals surface area contributed by atoms with Gasteiger partial charge in [-0.15, -0.1) is 0 Å². The summed E-state index contributed by atoms with van der Waals surface area (Å²) in [4.78, 5) is 12.2. The van der Waals surface area contributed by atoms with Crippen molar-refractivity contribution in [2.75, 3.05) is 26.4 Å². The maximum atomic E-state index is 12.2. The van der Waals surface area contributed by atoms with Gasteiger partial charge in [0.2, 0.25) is 5.91 Å². The van der Waals surface area contributed by atoms with E-state index in [9.17, 15) is 4.79 Å². The molecule has 0 aromatic carbocycles. The van der Waals surface area contributed by atoms with Crippen molar-refractivity contribution in [2.45, 2.75) is 25.2 Å². The van der Waals surface area contributed by atoms with Gasteiger partial charge in [0, 0.05) is 37.0 Å². The second kappa shape index (κ2) is 5.58. The maximum Gasteiger partial charge on any atom is 0.223 e. The van der Waals surface area contributed by atoms with Gasteiger partial charge in [-0.3, -0.25) is 4.79 Å². The van der Waals surface area contributed by atoms with Gasteiger partial charge in [0.25, 0.3) is 0 Å². The van der Waals surface area contributed by atoms with Gasteiger partial charge in [-0.1, -0.05) is 0 Å².